The second kappa shape index (κ2) is 17.6. The molecule has 0 unspecified atom stereocenters. The third-order valence-corrected chi connectivity index (χ3v) is 5.93. The first-order valence-electron chi connectivity index (χ1n) is 12.3. The normalized spacial score (nSPS) is 12.9. The molecule has 6 rings (SSSR count). The maximum absolute atomic E-state index is 3.06. The van der Waals surface area contributed by atoms with Gasteiger partial charge in [-0.15, -0.1) is 0 Å². The van der Waals surface area contributed by atoms with Crippen LogP contribution in [0.4, 0.5) is 0 Å². The van der Waals surface area contributed by atoms with Crippen molar-refractivity contribution < 1.29 is 23.3 Å². The minimum atomic E-state index is 1.32. The summed E-state index contributed by atoms with van der Waals surface area (Å²) >= 11 is 1.36. The van der Waals surface area contributed by atoms with Gasteiger partial charge in [0.05, 0.1) is 0 Å². The van der Waals surface area contributed by atoms with Crippen molar-refractivity contribution in [3.05, 3.63) is 130 Å². The van der Waals surface area contributed by atoms with E-state index in [2.05, 4.69) is 57.1 Å². The first-order chi connectivity index (χ1) is 16.7. The van der Waals surface area contributed by atoms with Crippen LogP contribution in [-0.2, 0) is 49.0 Å². The Morgan fingerprint density at radius 1 is 0.588 bits per heavy atom. The average molecular weight is 540 g/mol. The van der Waals surface area contributed by atoms with Crippen LogP contribution in [0.25, 0.3) is 0 Å². The molecule has 34 heavy (non-hydrogen) atoms. The van der Waals surface area contributed by atoms with E-state index in [4.69, 9.17) is 0 Å². The van der Waals surface area contributed by atoms with Gasteiger partial charge in [0.15, 0.2) is 0 Å². The Balaban J connectivity index is 0.000000161. The van der Waals surface area contributed by atoms with Gasteiger partial charge < -0.3 is 0 Å². The zero-order chi connectivity index (χ0) is 24.4. The molecule has 2 aliphatic rings. The van der Waals surface area contributed by atoms with Crippen LogP contribution < -0.4 is 0 Å². The molecule has 0 heterocycles. The van der Waals surface area contributed by atoms with E-state index in [1.54, 1.807) is 22.3 Å². The molecule has 0 amide bonds. The van der Waals surface area contributed by atoms with Gasteiger partial charge in [-0.3, -0.25) is 0 Å². The minimum Gasteiger partial charge on any atom is -0.184 e. The predicted molar refractivity (Wildman–Crippen MR) is 143 cm³/mol. The standard InChI is InChI=1S/2C10H13.2C6H5.Si.Zr/c2*1-8-6-9-4-2-3-5-10(9)7-8;2*1-2-4-6-5-3-1;;/h2*6-7H,2-5H2,1H3;2*1-5H;;/q4*-1;;. The predicted octanol–water partition coefficient (Wildman–Crippen LogP) is 7.78. The molecule has 2 radical (unpaired) electrons. The number of benzene rings is 2. The minimum absolute atomic E-state index is 1.32. The van der Waals surface area contributed by atoms with Gasteiger partial charge in [-0.1, -0.05) is 65.2 Å². The topological polar surface area (TPSA) is 0 Å². The third kappa shape index (κ3) is 11.1. The average Bonchev–Trinajstić information content (AvgIpc) is 3.49. The number of rotatable bonds is 0. The summed E-state index contributed by atoms with van der Waals surface area (Å²) in [7, 11) is 0. The molecule has 176 valence electrons. The molecule has 0 fully saturated rings. The van der Waals surface area contributed by atoms with Crippen molar-refractivity contribution in [2.45, 2.75) is 65.2 Å². The van der Waals surface area contributed by atoms with E-state index in [1.807, 2.05) is 60.7 Å². The second-order valence-electron chi connectivity index (χ2n) is 8.74. The molecule has 0 bridgehead atoms. The fraction of sp³-hybridized carbons (Fsp3) is 0.312. The van der Waals surface area contributed by atoms with Gasteiger partial charge in [0.25, 0.3) is 0 Å². The third-order valence-electron chi connectivity index (χ3n) is 5.93. The molecule has 0 aromatic heterocycles. The molecule has 2 aliphatic carbocycles. The van der Waals surface area contributed by atoms with Crippen LogP contribution in [0.2, 0.25) is 0 Å². The summed E-state index contributed by atoms with van der Waals surface area (Å²) in [5.74, 6) is 0. The molecule has 4 aromatic carbocycles. The first kappa shape index (κ1) is 28.5. The van der Waals surface area contributed by atoms with E-state index < -0.39 is 0 Å². The molecule has 0 aliphatic heterocycles. The van der Waals surface area contributed by atoms with Crippen LogP contribution >= 0.6 is 0 Å². The van der Waals surface area contributed by atoms with Crippen molar-refractivity contribution in [1.29, 1.82) is 0 Å². The van der Waals surface area contributed by atoms with Gasteiger partial charge >= 0.3 is 30.2 Å². The van der Waals surface area contributed by atoms with Crippen LogP contribution in [-0.4, -0.2) is 6.88 Å². The van der Waals surface area contributed by atoms with Gasteiger partial charge in [0, 0.05) is 0 Å². The zero-order valence-electron chi connectivity index (χ0n) is 20.7. The fourth-order valence-corrected chi connectivity index (χ4v) is 4.43. The zero-order valence-corrected chi connectivity index (χ0v) is 24.2. The van der Waals surface area contributed by atoms with Gasteiger partial charge in [-0.05, 0) is 0 Å². The monoisotopic (exact) mass is 538 g/mol. The number of fused-ring (bicyclic) bond motifs is 2. The summed E-state index contributed by atoms with van der Waals surface area (Å²) < 4.78 is 0. The van der Waals surface area contributed by atoms with E-state index in [1.165, 1.54) is 85.8 Å². The van der Waals surface area contributed by atoms with Crippen LogP contribution in [0.3, 0.4) is 0 Å². The summed E-state index contributed by atoms with van der Waals surface area (Å²) in [5.41, 5.74) is 9.36. The first-order valence-corrected chi connectivity index (χ1v) is 16.5. The second-order valence-corrected chi connectivity index (χ2v) is 8.74. The number of hydrogen-bond acceptors (Lipinski definition) is 0. The Kier molecular flexibility index (Phi) is 14.8. The van der Waals surface area contributed by atoms with E-state index in [9.17, 15) is 0 Å². The number of aryl methyl sites for hydroxylation is 6. The van der Waals surface area contributed by atoms with Gasteiger partial charge in [-0.2, -0.15) is 118 Å². The van der Waals surface area contributed by atoms with Crippen LogP contribution in [0.5, 0.6) is 0 Å². The summed E-state index contributed by atoms with van der Waals surface area (Å²) in [6.45, 7) is 7.45. The number of hydrogen-bond donors (Lipinski definition) is 0. The molecule has 0 saturated carbocycles. The summed E-state index contributed by atoms with van der Waals surface area (Å²) in [6, 6.07) is 34.4. The Labute approximate surface area is 224 Å². The SMILES string of the molecule is Cc1cc2c([cH-]1)CCCC2.Cc1cc2c([cH-]1)CCCC2.[Si]=[Zr].[c-]1ccccc1.[c-]1ccccc1. The molecule has 0 saturated heterocycles. The molecule has 0 N–H and O–H groups in total. The van der Waals surface area contributed by atoms with E-state index in [0.29, 0.717) is 0 Å². The van der Waals surface area contributed by atoms with Crippen LogP contribution in [0.15, 0.2) is 84.9 Å². The Hall–Kier alpha value is -1.76. The van der Waals surface area contributed by atoms with Crippen molar-refractivity contribution in [2.24, 2.45) is 0 Å². The smallest absolute Gasteiger partial charge is 0.171 e. The van der Waals surface area contributed by atoms with Gasteiger partial charge in [0.1, 0.15) is 0 Å². The Morgan fingerprint density at radius 3 is 1.21 bits per heavy atom. The molecular weight excluding hydrogens is 504 g/mol. The molecule has 0 atom stereocenters. The summed E-state index contributed by atoms with van der Waals surface area (Å²) in [5, 5.41) is 0. The van der Waals surface area contributed by atoms with E-state index in [-0.39, 0.29) is 0 Å². The molecule has 0 spiro atoms. The maximum Gasteiger partial charge on any atom is -0.171 e. The van der Waals surface area contributed by atoms with E-state index >= 15 is 0 Å². The van der Waals surface area contributed by atoms with Gasteiger partial charge in [0.2, 0.25) is 0 Å². The fourth-order valence-electron chi connectivity index (χ4n) is 4.43. The molecular formula is C32H36SiZr-4. The summed E-state index contributed by atoms with van der Waals surface area (Å²) in [6.07, 6.45) is 10.9. The maximum atomic E-state index is 3.06. The molecule has 2 heteroatoms. The van der Waals surface area contributed by atoms with Crippen LogP contribution in [0.1, 0.15) is 59.1 Å². The van der Waals surface area contributed by atoms with Crippen molar-refractivity contribution >= 4 is 6.88 Å². The summed E-state index contributed by atoms with van der Waals surface area (Å²) in [4.78, 5) is 0. The Morgan fingerprint density at radius 2 is 0.941 bits per heavy atom. The molecule has 0 nitrogen and oxygen atoms in total. The Bertz CT molecular complexity index is 830. The van der Waals surface area contributed by atoms with Crippen LogP contribution in [0, 0.1) is 26.0 Å². The van der Waals surface area contributed by atoms with Crippen molar-refractivity contribution in [2.75, 3.05) is 0 Å². The quantitative estimate of drug-likeness (QED) is 0.158. The van der Waals surface area contributed by atoms with E-state index in [0.717, 1.165) is 0 Å². The van der Waals surface area contributed by atoms with Crippen molar-refractivity contribution in [3.63, 3.8) is 0 Å². The van der Waals surface area contributed by atoms with Crippen molar-refractivity contribution in [3.8, 4) is 0 Å². The van der Waals surface area contributed by atoms with Gasteiger partial charge in [-0.25, -0.2) is 12.1 Å². The van der Waals surface area contributed by atoms with Crippen molar-refractivity contribution in [1.82, 2.24) is 0 Å². The molecule has 4 aromatic rings. The largest absolute Gasteiger partial charge is 0.184 e.